The SMILES string of the molecule is OCCC1CCN(c2ncc(I)cn2)C1. The van der Waals surface area contributed by atoms with Crippen molar-refractivity contribution in [3.63, 3.8) is 0 Å². The van der Waals surface area contributed by atoms with E-state index in [1.807, 2.05) is 12.4 Å². The van der Waals surface area contributed by atoms with Crippen molar-refractivity contribution < 1.29 is 5.11 Å². The molecular formula is C10H14IN3O. The quantitative estimate of drug-likeness (QED) is 0.853. The molecule has 1 unspecified atom stereocenters. The number of halogens is 1. The third-order valence-electron chi connectivity index (χ3n) is 2.71. The van der Waals surface area contributed by atoms with Crippen LogP contribution in [0.25, 0.3) is 0 Å². The van der Waals surface area contributed by atoms with E-state index in [9.17, 15) is 0 Å². The zero-order valence-corrected chi connectivity index (χ0v) is 10.6. The summed E-state index contributed by atoms with van der Waals surface area (Å²) in [5.74, 6) is 1.41. The van der Waals surface area contributed by atoms with E-state index in [2.05, 4.69) is 37.5 Å². The van der Waals surface area contributed by atoms with Crippen LogP contribution in [-0.2, 0) is 0 Å². The molecule has 0 aliphatic carbocycles. The van der Waals surface area contributed by atoms with E-state index in [4.69, 9.17) is 5.11 Å². The Bertz CT molecular complexity index is 317. The summed E-state index contributed by atoms with van der Waals surface area (Å²) in [6.45, 7) is 2.26. The zero-order chi connectivity index (χ0) is 10.7. The van der Waals surface area contributed by atoms with Gasteiger partial charge in [-0.1, -0.05) is 0 Å². The summed E-state index contributed by atoms with van der Waals surface area (Å²) in [6.07, 6.45) is 5.70. The molecule has 5 heteroatoms. The Morgan fingerprint density at radius 3 is 2.87 bits per heavy atom. The Morgan fingerprint density at radius 2 is 2.20 bits per heavy atom. The number of aliphatic hydroxyl groups excluding tert-OH is 1. The van der Waals surface area contributed by atoms with Crippen molar-refractivity contribution >= 4 is 28.5 Å². The van der Waals surface area contributed by atoms with Gasteiger partial charge in [0.2, 0.25) is 5.95 Å². The van der Waals surface area contributed by atoms with Crippen molar-refractivity contribution in [3.8, 4) is 0 Å². The first kappa shape index (κ1) is 11.1. The number of rotatable bonds is 3. The Labute approximate surface area is 103 Å². The topological polar surface area (TPSA) is 49.2 Å². The lowest BCUT2D eigenvalue weighted by atomic mass is 10.1. The molecule has 4 nitrogen and oxygen atoms in total. The fraction of sp³-hybridized carbons (Fsp3) is 0.600. The van der Waals surface area contributed by atoms with Gasteiger partial charge in [-0.3, -0.25) is 0 Å². The lowest BCUT2D eigenvalue weighted by Crippen LogP contribution is -2.22. The molecule has 0 radical (unpaired) electrons. The molecule has 1 aliphatic heterocycles. The largest absolute Gasteiger partial charge is 0.396 e. The molecule has 1 N–H and O–H groups in total. The summed E-state index contributed by atoms with van der Waals surface area (Å²) in [4.78, 5) is 10.8. The number of anilines is 1. The van der Waals surface area contributed by atoms with Crippen LogP contribution in [0.4, 0.5) is 5.95 Å². The number of aromatic nitrogens is 2. The summed E-state index contributed by atoms with van der Waals surface area (Å²) < 4.78 is 1.06. The van der Waals surface area contributed by atoms with Crippen molar-refractivity contribution in [2.24, 2.45) is 5.92 Å². The van der Waals surface area contributed by atoms with Gasteiger partial charge in [-0.15, -0.1) is 0 Å². The van der Waals surface area contributed by atoms with Gasteiger partial charge in [-0.25, -0.2) is 9.97 Å². The summed E-state index contributed by atoms with van der Waals surface area (Å²) in [5, 5.41) is 8.87. The molecule has 1 saturated heterocycles. The van der Waals surface area contributed by atoms with Gasteiger partial charge in [0.15, 0.2) is 0 Å². The molecule has 1 aromatic rings. The third kappa shape index (κ3) is 2.78. The lowest BCUT2D eigenvalue weighted by Gasteiger charge is -2.15. The fourth-order valence-corrected chi connectivity index (χ4v) is 2.18. The highest BCUT2D eigenvalue weighted by atomic mass is 127. The number of hydrogen-bond acceptors (Lipinski definition) is 4. The van der Waals surface area contributed by atoms with Crippen molar-refractivity contribution in [1.82, 2.24) is 9.97 Å². The first-order valence-electron chi connectivity index (χ1n) is 5.13. The molecule has 0 aromatic carbocycles. The van der Waals surface area contributed by atoms with Crippen LogP contribution < -0.4 is 4.90 Å². The average molecular weight is 319 g/mol. The van der Waals surface area contributed by atoms with E-state index < -0.39 is 0 Å². The van der Waals surface area contributed by atoms with E-state index in [0.29, 0.717) is 5.92 Å². The van der Waals surface area contributed by atoms with Crippen LogP contribution in [0.5, 0.6) is 0 Å². The van der Waals surface area contributed by atoms with Crippen molar-refractivity contribution in [2.45, 2.75) is 12.8 Å². The summed E-state index contributed by atoms with van der Waals surface area (Å²) in [7, 11) is 0. The van der Waals surface area contributed by atoms with Crippen LogP contribution in [-0.4, -0.2) is 34.8 Å². The minimum atomic E-state index is 0.284. The van der Waals surface area contributed by atoms with Crippen LogP contribution in [0, 0.1) is 9.49 Å². The Balaban J connectivity index is 1.98. The van der Waals surface area contributed by atoms with Gasteiger partial charge in [0, 0.05) is 35.7 Å². The molecule has 1 aromatic heterocycles. The maximum Gasteiger partial charge on any atom is 0.225 e. The van der Waals surface area contributed by atoms with E-state index in [0.717, 1.165) is 35.4 Å². The number of aliphatic hydroxyl groups is 1. The second-order valence-corrected chi connectivity index (χ2v) is 5.06. The van der Waals surface area contributed by atoms with E-state index >= 15 is 0 Å². The average Bonchev–Trinajstić information content (AvgIpc) is 2.68. The monoisotopic (exact) mass is 319 g/mol. The molecule has 0 saturated carbocycles. The van der Waals surface area contributed by atoms with Gasteiger partial charge in [0.25, 0.3) is 0 Å². The van der Waals surface area contributed by atoms with Crippen molar-refractivity contribution in [3.05, 3.63) is 16.0 Å². The number of nitrogens with zero attached hydrogens (tertiary/aromatic N) is 3. The molecule has 0 spiro atoms. The van der Waals surface area contributed by atoms with Gasteiger partial charge < -0.3 is 10.0 Å². The van der Waals surface area contributed by atoms with E-state index in [1.54, 1.807) is 0 Å². The smallest absolute Gasteiger partial charge is 0.225 e. The minimum Gasteiger partial charge on any atom is -0.396 e. The maximum atomic E-state index is 8.87. The number of hydrogen-bond donors (Lipinski definition) is 1. The van der Waals surface area contributed by atoms with Gasteiger partial charge in [-0.2, -0.15) is 0 Å². The fourth-order valence-electron chi connectivity index (χ4n) is 1.90. The van der Waals surface area contributed by atoms with Crippen LogP contribution in [0.3, 0.4) is 0 Å². The Morgan fingerprint density at radius 1 is 1.47 bits per heavy atom. The van der Waals surface area contributed by atoms with Gasteiger partial charge in [-0.05, 0) is 41.4 Å². The second-order valence-electron chi connectivity index (χ2n) is 3.81. The highest BCUT2D eigenvalue weighted by Gasteiger charge is 2.23. The first-order valence-corrected chi connectivity index (χ1v) is 6.21. The molecule has 1 atom stereocenters. The predicted octanol–water partition coefficient (Wildman–Crippen LogP) is 1.29. The highest BCUT2D eigenvalue weighted by Crippen LogP contribution is 2.22. The summed E-state index contributed by atoms with van der Waals surface area (Å²) in [6, 6.07) is 0. The van der Waals surface area contributed by atoms with Gasteiger partial charge in [0.05, 0.1) is 0 Å². The molecule has 1 fully saturated rings. The standard InChI is InChI=1S/C10H14IN3O/c11-9-5-12-10(13-6-9)14-3-1-8(7-14)2-4-15/h5-6,8,15H,1-4,7H2. The Kier molecular flexibility index (Phi) is 3.74. The second kappa shape index (κ2) is 5.07. The highest BCUT2D eigenvalue weighted by molar-refractivity contribution is 14.1. The molecular weight excluding hydrogens is 305 g/mol. The minimum absolute atomic E-state index is 0.284. The van der Waals surface area contributed by atoms with Crippen LogP contribution >= 0.6 is 22.6 Å². The van der Waals surface area contributed by atoms with Crippen molar-refractivity contribution in [2.75, 3.05) is 24.6 Å². The lowest BCUT2D eigenvalue weighted by molar-refractivity contribution is 0.263. The van der Waals surface area contributed by atoms with Crippen LogP contribution in [0.2, 0.25) is 0 Å². The normalized spacial score (nSPS) is 20.9. The van der Waals surface area contributed by atoms with Gasteiger partial charge in [0.1, 0.15) is 0 Å². The molecule has 82 valence electrons. The molecule has 1 aliphatic rings. The first-order chi connectivity index (χ1) is 7.29. The molecule has 2 heterocycles. The maximum absolute atomic E-state index is 8.87. The van der Waals surface area contributed by atoms with E-state index in [-0.39, 0.29) is 6.61 Å². The molecule has 0 bridgehead atoms. The predicted molar refractivity (Wildman–Crippen MR) is 66.8 cm³/mol. The summed E-state index contributed by atoms with van der Waals surface area (Å²) in [5.41, 5.74) is 0. The van der Waals surface area contributed by atoms with Crippen LogP contribution in [0.1, 0.15) is 12.8 Å². The zero-order valence-electron chi connectivity index (χ0n) is 8.43. The Hall–Kier alpha value is -0.430. The van der Waals surface area contributed by atoms with Gasteiger partial charge >= 0.3 is 0 Å². The van der Waals surface area contributed by atoms with Crippen molar-refractivity contribution in [1.29, 1.82) is 0 Å². The van der Waals surface area contributed by atoms with E-state index in [1.165, 1.54) is 0 Å². The molecule has 0 amide bonds. The molecule has 2 rings (SSSR count). The molecule has 15 heavy (non-hydrogen) atoms. The third-order valence-corrected chi connectivity index (χ3v) is 3.27. The summed E-state index contributed by atoms with van der Waals surface area (Å²) >= 11 is 2.20. The van der Waals surface area contributed by atoms with Crippen LogP contribution in [0.15, 0.2) is 12.4 Å².